The van der Waals surface area contributed by atoms with Crippen molar-refractivity contribution in [3.05, 3.63) is 84.2 Å². The molecule has 0 saturated heterocycles. The van der Waals surface area contributed by atoms with Crippen LogP contribution in [0.4, 0.5) is 15.8 Å². The molecule has 2 N–H and O–H groups in total. The minimum Gasteiger partial charge on any atom is -0.492 e. The Bertz CT molecular complexity index is 1040. The van der Waals surface area contributed by atoms with Crippen LogP contribution in [0, 0.1) is 5.82 Å². The number of carbonyl (C=O) groups excluding carboxylic acids is 2. The number of carbonyl (C=O) groups is 2. The first-order valence-corrected chi connectivity index (χ1v) is 9.82. The maximum Gasteiger partial charge on any atom is 0.265 e. The van der Waals surface area contributed by atoms with Crippen molar-refractivity contribution < 1.29 is 23.5 Å². The van der Waals surface area contributed by atoms with E-state index < -0.39 is 6.10 Å². The number of halogens is 1. The Kier molecular flexibility index (Phi) is 7.22. The second kappa shape index (κ2) is 10.2. The van der Waals surface area contributed by atoms with E-state index in [1.807, 2.05) is 19.1 Å². The summed E-state index contributed by atoms with van der Waals surface area (Å²) >= 11 is 0. The van der Waals surface area contributed by atoms with Gasteiger partial charge < -0.3 is 20.1 Å². The Morgan fingerprint density at radius 2 is 1.61 bits per heavy atom. The van der Waals surface area contributed by atoms with Crippen molar-refractivity contribution in [1.29, 1.82) is 0 Å². The van der Waals surface area contributed by atoms with Crippen molar-refractivity contribution >= 4 is 23.2 Å². The number of rotatable bonds is 8. The van der Waals surface area contributed by atoms with Crippen LogP contribution >= 0.6 is 0 Å². The molecule has 3 rings (SSSR count). The second-order valence-corrected chi connectivity index (χ2v) is 6.66. The Balaban J connectivity index is 1.58. The van der Waals surface area contributed by atoms with Crippen molar-refractivity contribution in [1.82, 2.24) is 0 Å². The third kappa shape index (κ3) is 6.05. The first-order chi connectivity index (χ1) is 15.0. The lowest BCUT2D eigenvalue weighted by atomic mass is 10.2. The van der Waals surface area contributed by atoms with Gasteiger partial charge in [-0.1, -0.05) is 12.1 Å². The summed E-state index contributed by atoms with van der Waals surface area (Å²) in [6.07, 6.45) is -0.789. The van der Waals surface area contributed by atoms with Gasteiger partial charge in [0.1, 0.15) is 17.3 Å². The Morgan fingerprint density at radius 3 is 2.29 bits per heavy atom. The highest BCUT2D eigenvalue weighted by molar-refractivity contribution is 6.05. The largest absolute Gasteiger partial charge is 0.492 e. The fraction of sp³-hybridized carbons (Fsp3) is 0.167. The van der Waals surface area contributed by atoms with E-state index in [4.69, 9.17) is 9.47 Å². The molecule has 0 aliphatic heterocycles. The molecule has 6 nitrogen and oxygen atoms in total. The molecule has 3 aromatic carbocycles. The van der Waals surface area contributed by atoms with Gasteiger partial charge in [-0.05, 0) is 74.5 Å². The van der Waals surface area contributed by atoms with Crippen LogP contribution < -0.4 is 20.1 Å². The lowest BCUT2D eigenvalue weighted by Gasteiger charge is -2.15. The monoisotopic (exact) mass is 422 g/mol. The molecule has 160 valence electrons. The highest BCUT2D eigenvalue weighted by atomic mass is 19.1. The zero-order valence-electron chi connectivity index (χ0n) is 17.2. The molecule has 0 saturated carbocycles. The number of ether oxygens (including phenoxy) is 2. The summed E-state index contributed by atoms with van der Waals surface area (Å²) in [5, 5.41) is 5.48. The first-order valence-electron chi connectivity index (χ1n) is 9.82. The van der Waals surface area contributed by atoms with Gasteiger partial charge in [0, 0.05) is 11.3 Å². The maximum absolute atomic E-state index is 13.0. The lowest BCUT2D eigenvalue weighted by Crippen LogP contribution is -2.30. The number of hydrogen-bond acceptors (Lipinski definition) is 4. The number of benzene rings is 3. The van der Waals surface area contributed by atoms with Gasteiger partial charge in [-0.15, -0.1) is 0 Å². The van der Waals surface area contributed by atoms with Crippen LogP contribution in [0.25, 0.3) is 0 Å². The topological polar surface area (TPSA) is 76.7 Å². The summed E-state index contributed by atoms with van der Waals surface area (Å²) in [6, 6.07) is 19.1. The van der Waals surface area contributed by atoms with Crippen LogP contribution in [-0.4, -0.2) is 24.5 Å². The quantitative estimate of drug-likeness (QED) is 0.542. The fourth-order valence-electron chi connectivity index (χ4n) is 2.77. The van der Waals surface area contributed by atoms with Crippen molar-refractivity contribution in [3.8, 4) is 11.5 Å². The SMILES string of the molecule is CCOc1ccccc1NC(=O)c1ccc(O[C@@H](C)C(=O)Nc2ccc(F)cc2)cc1. The van der Waals surface area contributed by atoms with Gasteiger partial charge in [0.2, 0.25) is 0 Å². The maximum atomic E-state index is 13.0. The van der Waals surface area contributed by atoms with E-state index in [0.717, 1.165) is 0 Å². The Hall–Kier alpha value is -3.87. The van der Waals surface area contributed by atoms with Crippen LogP contribution in [-0.2, 0) is 4.79 Å². The minimum atomic E-state index is -0.789. The predicted octanol–water partition coefficient (Wildman–Crippen LogP) is 4.88. The molecule has 31 heavy (non-hydrogen) atoms. The minimum absolute atomic E-state index is 0.291. The molecule has 0 aromatic heterocycles. The van der Waals surface area contributed by atoms with E-state index in [2.05, 4.69) is 10.6 Å². The number of hydrogen-bond donors (Lipinski definition) is 2. The molecule has 0 fully saturated rings. The molecule has 0 spiro atoms. The smallest absolute Gasteiger partial charge is 0.265 e. The van der Waals surface area contributed by atoms with Crippen molar-refractivity contribution in [3.63, 3.8) is 0 Å². The van der Waals surface area contributed by atoms with E-state index >= 15 is 0 Å². The van der Waals surface area contributed by atoms with Crippen LogP contribution in [0.3, 0.4) is 0 Å². The third-order valence-electron chi connectivity index (χ3n) is 4.35. The highest BCUT2D eigenvalue weighted by Gasteiger charge is 2.16. The molecule has 0 radical (unpaired) electrons. The molecule has 0 aliphatic rings. The number of nitrogens with one attached hydrogen (secondary N) is 2. The third-order valence-corrected chi connectivity index (χ3v) is 4.35. The predicted molar refractivity (Wildman–Crippen MR) is 117 cm³/mol. The van der Waals surface area contributed by atoms with E-state index in [1.54, 1.807) is 43.3 Å². The summed E-state index contributed by atoms with van der Waals surface area (Å²) in [7, 11) is 0. The molecule has 0 unspecified atom stereocenters. The fourth-order valence-corrected chi connectivity index (χ4v) is 2.77. The highest BCUT2D eigenvalue weighted by Crippen LogP contribution is 2.24. The van der Waals surface area contributed by atoms with Crippen LogP contribution in [0.2, 0.25) is 0 Å². The van der Waals surface area contributed by atoms with Gasteiger partial charge in [-0.2, -0.15) is 0 Å². The standard InChI is InChI=1S/C24H23FN2O4/c1-3-30-22-7-5-4-6-21(22)27-24(29)17-8-14-20(15-9-17)31-16(2)23(28)26-19-12-10-18(25)11-13-19/h4-16H,3H2,1-2H3,(H,26,28)(H,27,29)/t16-/m0/s1. The summed E-state index contributed by atoms with van der Waals surface area (Å²) in [4.78, 5) is 24.8. The average Bonchev–Trinajstić information content (AvgIpc) is 2.77. The molecular weight excluding hydrogens is 399 g/mol. The Morgan fingerprint density at radius 1 is 0.935 bits per heavy atom. The molecule has 0 bridgehead atoms. The van der Waals surface area contributed by atoms with E-state index in [9.17, 15) is 14.0 Å². The summed E-state index contributed by atoms with van der Waals surface area (Å²) in [6.45, 7) is 3.97. The molecule has 7 heteroatoms. The van der Waals surface area contributed by atoms with E-state index in [-0.39, 0.29) is 17.6 Å². The zero-order valence-corrected chi connectivity index (χ0v) is 17.2. The van der Waals surface area contributed by atoms with Gasteiger partial charge in [0.15, 0.2) is 6.10 Å². The molecule has 0 heterocycles. The number of para-hydroxylation sites is 2. The van der Waals surface area contributed by atoms with Crippen molar-refractivity contribution in [2.24, 2.45) is 0 Å². The lowest BCUT2D eigenvalue weighted by molar-refractivity contribution is -0.122. The van der Waals surface area contributed by atoms with Gasteiger partial charge in [-0.3, -0.25) is 9.59 Å². The van der Waals surface area contributed by atoms with Crippen LogP contribution in [0.15, 0.2) is 72.8 Å². The van der Waals surface area contributed by atoms with Crippen molar-refractivity contribution in [2.75, 3.05) is 17.2 Å². The number of anilines is 2. The summed E-state index contributed by atoms with van der Waals surface area (Å²) in [5.41, 5.74) is 1.49. The van der Waals surface area contributed by atoms with Gasteiger partial charge in [-0.25, -0.2) is 4.39 Å². The Labute approximate surface area is 180 Å². The van der Waals surface area contributed by atoms with E-state index in [0.29, 0.717) is 35.0 Å². The zero-order chi connectivity index (χ0) is 22.2. The normalized spacial score (nSPS) is 11.3. The van der Waals surface area contributed by atoms with Gasteiger partial charge in [0.05, 0.1) is 12.3 Å². The summed E-state index contributed by atoms with van der Waals surface area (Å²) in [5.74, 6) is -0.0121. The van der Waals surface area contributed by atoms with Crippen LogP contribution in [0.5, 0.6) is 11.5 Å². The van der Waals surface area contributed by atoms with Gasteiger partial charge in [0.25, 0.3) is 11.8 Å². The van der Waals surface area contributed by atoms with Crippen molar-refractivity contribution in [2.45, 2.75) is 20.0 Å². The van der Waals surface area contributed by atoms with E-state index in [1.165, 1.54) is 24.3 Å². The van der Waals surface area contributed by atoms with Gasteiger partial charge >= 0.3 is 0 Å². The summed E-state index contributed by atoms with van der Waals surface area (Å²) < 4.78 is 24.1. The molecule has 3 aromatic rings. The average molecular weight is 422 g/mol. The van der Waals surface area contributed by atoms with Crippen LogP contribution in [0.1, 0.15) is 24.2 Å². The number of amides is 2. The molecule has 0 aliphatic carbocycles. The molecule has 2 amide bonds. The first kappa shape index (κ1) is 21.8. The second-order valence-electron chi connectivity index (χ2n) is 6.66. The molecule has 1 atom stereocenters. The molecular formula is C24H23FN2O4.